The number of ketones is 1. The third-order valence-electron chi connectivity index (χ3n) is 4.23. The van der Waals surface area contributed by atoms with Crippen LogP contribution < -0.4 is 5.32 Å². The Morgan fingerprint density at radius 3 is 2.17 bits per heavy atom. The lowest BCUT2D eigenvalue weighted by atomic mass is 10.0. The number of thioether (sulfide) groups is 1. The maximum absolute atomic E-state index is 12.7. The molecule has 0 bridgehead atoms. The second-order valence-electron chi connectivity index (χ2n) is 8.01. The zero-order chi connectivity index (χ0) is 22.0. The molecule has 0 radical (unpaired) electrons. The van der Waals surface area contributed by atoms with Gasteiger partial charge >= 0.3 is 5.97 Å². The van der Waals surface area contributed by atoms with Gasteiger partial charge < -0.3 is 10.1 Å². The summed E-state index contributed by atoms with van der Waals surface area (Å²) >= 11 is 1.61. The summed E-state index contributed by atoms with van der Waals surface area (Å²) in [6, 6.07) is 18.2. The van der Waals surface area contributed by atoms with Crippen LogP contribution in [0.3, 0.4) is 0 Å². The number of carbonyl (C=O) groups excluding carboxylic acids is 3. The third kappa shape index (κ3) is 8.82. The Kier molecular flexibility index (Phi) is 9.12. The molecule has 2 rings (SSSR count). The SMILES string of the molecule is CC(C)(C)SC[C@H](CC(=O)CNC(=O)c1ccccc1)C(=O)OCc1ccccc1. The van der Waals surface area contributed by atoms with E-state index in [0.29, 0.717) is 11.3 Å². The summed E-state index contributed by atoms with van der Waals surface area (Å²) in [7, 11) is 0. The fourth-order valence-corrected chi connectivity index (χ4v) is 3.58. The molecule has 1 N–H and O–H groups in total. The molecule has 6 heteroatoms. The molecule has 0 saturated heterocycles. The van der Waals surface area contributed by atoms with Crippen LogP contribution in [0.15, 0.2) is 60.7 Å². The third-order valence-corrected chi connectivity index (χ3v) is 5.67. The number of benzene rings is 2. The monoisotopic (exact) mass is 427 g/mol. The van der Waals surface area contributed by atoms with Gasteiger partial charge in [0.05, 0.1) is 12.5 Å². The minimum Gasteiger partial charge on any atom is -0.461 e. The van der Waals surface area contributed by atoms with Crippen molar-refractivity contribution in [3.8, 4) is 0 Å². The van der Waals surface area contributed by atoms with Gasteiger partial charge in [-0.2, -0.15) is 11.8 Å². The van der Waals surface area contributed by atoms with Crippen molar-refractivity contribution < 1.29 is 19.1 Å². The minimum absolute atomic E-state index is 0.0335. The number of amides is 1. The van der Waals surface area contributed by atoms with E-state index in [9.17, 15) is 14.4 Å². The van der Waals surface area contributed by atoms with Crippen LogP contribution in [-0.2, 0) is 20.9 Å². The Hall–Kier alpha value is -2.60. The molecule has 0 aliphatic carbocycles. The van der Waals surface area contributed by atoms with Crippen molar-refractivity contribution in [2.24, 2.45) is 5.92 Å². The van der Waals surface area contributed by atoms with Crippen LogP contribution in [0.5, 0.6) is 0 Å². The Labute approximate surface area is 182 Å². The quantitative estimate of drug-likeness (QED) is 0.574. The summed E-state index contributed by atoms with van der Waals surface area (Å²) in [5, 5.41) is 2.63. The van der Waals surface area contributed by atoms with Gasteiger partial charge in [0.15, 0.2) is 5.78 Å². The van der Waals surface area contributed by atoms with Gasteiger partial charge in [-0.3, -0.25) is 14.4 Å². The second-order valence-corrected chi connectivity index (χ2v) is 9.85. The molecule has 2 aromatic rings. The molecule has 0 aromatic heterocycles. The van der Waals surface area contributed by atoms with Crippen LogP contribution in [-0.4, -0.2) is 34.7 Å². The molecule has 0 fully saturated rings. The van der Waals surface area contributed by atoms with Crippen molar-refractivity contribution in [2.45, 2.75) is 38.5 Å². The second kappa shape index (κ2) is 11.6. The Bertz CT molecular complexity index is 831. The van der Waals surface area contributed by atoms with Gasteiger partial charge in [0.1, 0.15) is 6.61 Å². The van der Waals surface area contributed by atoms with E-state index in [0.717, 1.165) is 5.56 Å². The predicted molar refractivity (Wildman–Crippen MR) is 120 cm³/mol. The van der Waals surface area contributed by atoms with Crippen molar-refractivity contribution in [3.63, 3.8) is 0 Å². The molecule has 0 unspecified atom stereocenters. The smallest absolute Gasteiger partial charge is 0.310 e. The zero-order valence-electron chi connectivity index (χ0n) is 17.7. The normalized spacial score (nSPS) is 12.1. The first kappa shape index (κ1) is 23.7. The molecule has 0 aliphatic rings. The standard InChI is InChI=1S/C24H29NO4S/c1-24(2,3)30-17-20(23(28)29-16-18-10-6-4-7-11-18)14-21(26)15-25-22(27)19-12-8-5-9-13-19/h4-13,20H,14-17H2,1-3H3,(H,25,27)/t20-/m0/s1. The molecule has 0 saturated carbocycles. The zero-order valence-corrected chi connectivity index (χ0v) is 18.5. The van der Waals surface area contributed by atoms with E-state index in [4.69, 9.17) is 4.74 Å². The molecule has 5 nitrogen and oxygen atoms in total. The summed E-state index contributed by atoms with van der Waals surface area (Å²) in [6.45, 7) is 6.25. The number of carbonyl (C=O) groups is 3. The van der Waals surface area contributed by atoms with E-state index in [-0.39, 0.29) is 36.0 Å². The van der Waals surface area contributed by atoms with Crippen LogP contribution >= 0.6 is 11.8 Å². The van der Waals surface area contributed by atoms with Crippen LogP contribution in [0.4, 0.5) is 0 Å². The van der Waals surface area contributed by atoms with Gasteiger partial charge in [0.2, 0.25) is 0 Å². The largest absolute Gasteiger partial charge is 0.461 e. The Morgan fingerprint density at radius 1 is 0.967 bits per heavy atom. The van der Waals surface area contributed by atoms with E-state index in [1.807, 2.05) is 36.4 Å². The van der Waals surface area contributed by atoms with E-state index >= 15 is 0 Å². The van der Waals surface area contributed by atoms with Crippen molar-refractivity contribution >= 4 is 29.4 Å². The molecule has 1 atom stereocenters. The fourth-order valence-electron chi connectivity index (χ4n) is 2.62. The van der Waals surface area contributed by atoms with Gasteiger partial charge in [0.25, 0.3) is 5.91 Å². The predicted octanol–water partition coefficient (Wildman–Crippen LogP) is 4.27. The summed E-state index contributed by atoms with van der Waals surface area (Å²) in [6.07, 6.45) is 0.0335. The first-order valence-electron chi connectivity index (χ1n) is 9.94. The summed E-state index contributed by atoms with van der Waals surface area (Å²) in [5.41, 5.74) is 1.39. The summed E-state index contributed by atoms with van der Waals surface area (Å²) in [4.78, 5) is 37.2. The highest BCUT2D eigenvalue weighted by atomic mass is 32.2. The van der Waals surface area contributed by atoms with Crippen molar-refractivity contribution in [1.29, 1.82) is 0 Å². The Morgan fingerprint density at radius 2 is 1.57 bits per heavy atom. The van der Waals surface area contributed by atoms with Gasteiger partial charge in [0, 0.05) is 22.5 Å². The number of ether oxygens (including phenoxy) is 1. The topological polar surface area (TPSA) is 72.5 Å². The lowest BCUT2D eigenvalue weighted by molar-refractivity contribution is -0.150. The first-order valence-corrected chi connectivity index (χ1v) is 10.9. The molecule has 0 heterocycles. The molecule has 160 valence electrons. The number of hydrogen-bond acceptors (Lipinski definition) is 5. The number of nitrogens with one attached hydrogen (secondary N) is 1. The highest BCUT2D eigenvalue weighted by Gasteiger charge is 2.26. The molecule has 30 heavy (non-hydrogen) atoms. The van der Waals surface area contributed by atoms with Crippen LogP contribution in [0.2, 0.25) is 0 Å². The van der Waals surface area contributed by atoms with E-state index < -0.39 is 11.9 Å². The minimum atomic E-state index is -0.556. The van der Waals surface area contributed by atoms with E-state index in [1.54, 1.807) is 36.0 Å². The van der Waals surface area contributed by atoms with Crippen molar-refractivity contribution in [3.05, 3.63) is 71.8 Å². The average Bonchev–Trinajstić information content (AvgIpc) is 2.74. The lowest BCUT2D eigenvalue weighted by Gasteiger charge is -2.22. The molecular weight excluding hydrogens is 398 g/mol. The molecule has 0 spiro atoms. The van der Waals surface area contributed by atoms with Gasteiger partial charge in [-0.25, -0.2) is 0 Å². The highest BCUT2D eigenvalue weighted by molar-refractivity contribution is 8.00. The summed E-state index contributed by atoms with van der Waals surface area (Å²) < 4.78 is 5.42. The average molecular weight is 428 g/mol. The van der Waals surface area contributed by atoms with Crippen molar-refractivity contribution in [1.82, 2.24) is 5.32 Å². The van der Waals surface area contributed by atoms with Gasteiger partial charge in [-0.15, -0.1) is 0 Å². The molecule has 2 aromatic carbocycles. The number of esters is 1. The number of rotatable bonds is 10. The maximum atomic E-state index is 12.7. The fraction of sp³-hybridized carbons (Fsp3) is 0.375. The highest BCUT2D eigenvalue weighted by Crippen LogP contribution is 2.27. The van der Waals surface area contributed by atoms with E-state index in [2.05, 4.69) is 26.1 Å². The van der Waals surface area contributed by atoms with Gasteiger partial charge in [-0.1, -0.05) is 69.3 Å². The number of Topliss-reactive ketones (excluding diaryl/α,β-unsaturated/α-hetero) is 1. The molecule has 0 aliphatic heterocycles. The van der Waals surface area contributed by atoms with Crippen LogP contribution in [0, 0.1) is 5.92 Å². The molecular formula is C24H29NO4S. The first-order chi connectivity index (χ1) is 14.2. The van der Waals surface area contributed by atoms with Crippen molar-refractivity contribution in [2.75, 3.05) is 12.3 Å². The van der Waals surface area contributed by atoms with Crippen LogP contribution in [0.1, 0.15) is 43.1 Å². The number of hydrogen-bond donors (Lipinski definition) is 1. The van der Waals surface area contributed by atoms with E-state index in [1.165, 1.54) is 0 Å². The maximum Gasteiger partial charge on any atom is 0.310 e. The Balaban J connectivity index is 1.91. The van der Waals surface area contributed by atoms with Gasteiger partial charge in [-0.05, 0) is 17.7 Å². The van der Waals surface area contributed by atoms with Crippen LogP contribution in [0.25, 0.3) is 0 Å². The molecule has 1 amide bonds. The lowest BCUT2D eigenvalue weighted by Crippen LogP contribution is -2.32. The summed E-state index contributed by atoms with van der Waals surface area (Å²) in [5.74, 6) is -0.973.